The van der Waals surface area contributed by atoms with Crippen molar-refractivity contribution in [3.8, 4) is 0 Å². The normalized spacial score (nSPS) is 18.2. The van der Waals surface area contributed by atoms with Gasteiger partial charge in [-0.2, -0.15) is 4.31 Å². The Labute approximate surface area is 215 Å². The zero-order valence-corrected chi connectivity index (χ0v) is 22.0. The SMILES string of the molecule is Cc1ccc(CNC(=O)C2CCC(CN(Cc3ccccc3C)S(=O)(=O)c3ccccc3)CC2)cc1. The van der Waals surface area contributed by atoms with Crippen LogP contribution in [-0.2, 0) is 27.9 Å². The van der Waals surface area contributed by atoms with Crippen LogP contribution in [0.3, 0.4) is 0 Å². The summed E-state index contributed by atoms with van der Waals surface area (Å²) >= 11 is 0. The van der Waals surface area contributed by atoms with E-state index in [2.05, 4.69) is 17.4 Å². The zero-order chi connectivity index (χ0) is 25.5. The number of amides is 1. The molecule has 0 unspecified atom stereocenters. The molecule has 3 aromatic rings. The standard InChI is InChI=1S/C30H36N2O3S/c1-23-12-14-25(15-13-23)20-31-30(33)27-18-16-26(17-19-27)21-32(22-28-9-7-6-8-24(28)2)36(34,35)29-10-4-3-5-11-29/h3-15,26-27H,16-22H2,1-2H3,(H,31,33). The third-order valence-corrected chi connectivity index (χ3v) is 9.08. The van der Waals surface area contributed by atoms with Gasteiger partial charge in [0.25, 0.3) is 0 Å². The molecule has 6 heteroatoms. The van der Waals surface area contributed by atoms with Crippen molar-refractivity contribution in [2.45, 2.75) is 57.5 Å². The molecule has 36 heavy (non-hydrogen) atoms. The lowest BCUT2D eigenvalue weighted by molar-refractivity contribution is -0.126. The van der Waals surface area contributed by atoms with Crippen LogP contribution >= 0.6 is 0 Å². The van der Waals surface area contributed by atoms with Crippen LogP contribution in [0.5, 0.6) is 0 Å². The lowest BCUT2D eigenvalue weighted by atomic mass is 9.81. The highest BCUT2D eigenvalue weighted by Gasteiger charge is 2.31. The first-order valence-corrected chi connectivity index (χ1v) is 14.2. The maximum absolute atomic E-state index is 13.6. The number of nitrogens with zero attached hydrogens (tertiary/aromatic N) is 1. The van der Waals surface area contributed by atoms with Gasteiger partial charge in [-0.3, -0.25) is 4.79 Å². The third kappa shape index (κ3) is 6.62. The highest BCUT2D eigenvalue weighted by Crippen LogP contribution is 2.32. The van der Waals surface area contributed by atoms with Gasteiger partial charge >= 0.3 is 0 Å². The van der Waals surface area contributed by atoms with Crippen LogP contribution in [0.15, 0.2) is 83.8 Å². The highest BCUT2D eigenvalue weighted by atomic mass is 32.2. The van der Waals surface area contributed by atoms with E-state index >= 15 is 0 Å². The predicted molar refractivity (Wildman–Crippen MR) is 144 cm³/mol. The number of hydrogen-bond donors (Lipinski definition) is 1. The van der Waals surface area contributed by atoms with Crippen molar-refractivity contribution in [1.29, 1.82) is 0 Å². The second-order valence-corrected chi connectivity index (χ2v) is 11.9. The van der Waals surface area contributed by atoms with Crippen LogP contribution in [-0.4, -0.2) is 25.2 Å². The molecule has 1 aliphatic carbocycles. The quantitative estimate of drug-likeness (QED) is 0.411. The van der Waals surface area contributed by atoms with E-state index in [9.17, 15) is 13.2 Å². The van der Waals surface area contributed by atoms with Gasteiger partial charge in [0.05, 0.1) is 4.90 Å². The Morgan fingerprint density at radius 1 is 0.861 bits per heavy atom. The number of carbonyl (C=O) groups is 1. The first kappa shape index (κ1) is 26.1. The van der Waals surface area contributed by atoms with Gasteiger partial charge in [-0.25, -0.2) is 8.42 Å². The Morgan fingerprint density at radius 2 is 1.50 bits per heavy atom. The van der Waals surface area contributed by atoms with Crippen molar-refractivity contribution in [1.82, 2.24) is 9.62 Å². The van der Waals surface area contributed by atoms with E-state index in [-0.39, 0.29) is 17.7 Å². The van der Waals surface area contributed by atoms with Crippen LogP contribution in [0.1, 0.15) is 47.9 Å². The molecule has 1 fully saturated rings. The summed E-state index contributed by atoms with van der Waals surface area (Å²) in [6.07, 6.45) is 3.26. The maximum Gasteiger partial charge on any atom is 0.243 e. The lowest BCUT2D eigenvalue weighted by Crippen LogP contribution is -2.38. The number of nitrogens with one attached hydrogen (secondary N) is 1. The van der Waals surface area contributed by atoms with E-state index in [0.29, 0.717) is 24.5 Å². The minimum Gasteiger partial charge on any atom is -0.352 e. The van der Waals surface area contributed by atoms with Crippen LogP contribution in [0.4, 0.5) is 0 Å². The van der Waals surface area contributed by atoms with E-state index in [1.54, 1.807) is 28.6 Å². The van der Waals surface area contributed by atoms with Crippen LogP contribution < -0.4 is 5.32 Å². The predicted octanol–water partition coefficient (Wildman–Crippen LogP) is 5.62. The van der Waals surface area contributed by atoms with Crippen LogP contribution in [0.2, 0.25) is 0 Å². The third-order valence-electron chi connectivity index (χ3n) is 7.26. The molecule has 0 heterocycles. The van der Waals surface area contributed by atoms with Crippen molar-refractivity contribution in [2.75, 3.05) is 6.54 Å². The van der Waals surface area contributed by atoms with Crippen molar-refractivity contribution in [3.05, 3.63) is 101 Å². The molecule has 0 radical (unpaired) electrons. The number of hydrogen-bond acceptors (Lipinski definition) is 3. The first-order chi connectivity index (χ1) is 17.3. The summed E-state index contributed by atoms with van der Waals surface area (Å²) in [7, 11) is -3.63. The molecule has 0 bridgehead atoms. The monoisotopic (exact) mass is 504 g/mol. The maximum atomic E-state index is 13.6. The van der Waals surface area contributed by atoms with Crippen molar-refractivity contribution in [3.63, 3.8) is 0 Å². The van der Waals surface area contributed by atoms with Crippen molar-refractivity contribution >= 4 is 15.9 Å². The minimum atomic E-state index is -3.63. The summed E-state index contributed by atoms with van der Waals surface area (Å²) in [5.74, 6) is 0.318. The van der Waals surface area contributed by atoms with Gasteiger partial charge in [0.15, 0.2) is 0 Å². The Morgan fingerprint density at radius 3 is 2.17 bits per heavy atom. The smallest absolute Gasteiger partial charge is 0.243 e. The van der Waals surface area contributed by atoms with E-state index < -0.39 is 10.0 Å². The van der Waals surface area contributed by atoms with Gasteiger partial charge < -0.3 is 5.32 Å². The molecule has 1 N–H and O–H groups in total. The molecule has 1 amide bonds. The molecular formula is C30H36N2O3S. The van der Waals surface area contributed by atoms with Crippen molar-refractivity contribution in [2.24, 2.45) is 11.8 Å². The second kappa shape index (κ2) is 11.8. The molecule has 1 aliphatic rings. The Balaban J connectivity index is 1.39. The molecule has 4 rings (SSSR count). The molecule has 0 saturated heterocycles. The molecule has 1 saturated carbocycles. The van der Waals surface area contributed by atoms with Gasteiger partial charge in [-0.1, -0.05) is 72.3 Å². The average molecular weight is 505 g/mol. The summed E-state index contributed by atoms with van der Waals surface area (Å²) < 4.78 is 28.8. The number of rotatable bonds is 9. The number of carbonyl (C=O) groups excluding carboxylic acids is 1. The summed E-state index contributed by atoms with van der Waals surface area (Å²) in [5, 5.41) is 3.08. The van der Waals surface area contributed by atoms with Gasteiger partial charge in [0.2, 0.25) is 15.9 Å². The Bertz CT molecular complexity index is 1250. The number of sulfonamides is 1. The summed E-state index contributed by atoms with van der Waals surface area (Å²) in [4.78, 5) is 13.1. The summed E-state index contributed by atoms with van der Waals surface area (Å²) in [6, 6.07) is 24.8. The molecule has 5 nitrogen and oxygen atoms in total. The fourth-order valence-corrected chi connectivity index (χ4v) is 6.42. The molecule has 190 valence electrons. The van der Waals surface area contributed by atoms with Gasteiger partial charge in [0, 0.05) is 25.6 Å². The van der Waals surface area contributed by atoms with E-state index in [1.165, 1.54) is 5.56 Å². The van der Waals surface area contributed by atoms with Crippen LogP contribution in [0.25, 0.3) is 0 Å². The molecule has 3 aromatic carbocycles. The van der Waals surface area contributed by atoms with Crippen LogP contribution in [0, 0.1) is 25.7 Å². The van der Waals surface area contributed by atoms with E-state index in [1.807, 2.05) is 56.3 Å². The zero-order valence-electron chi connectivity index (χ0n) is 21.2. The number of aryl methyl sites for hydroxylation is 2. The van der Waals surface area contributed by atoms with E-state index in [0.717, 1.165) is 42.4 Å². The first-order valence-electron chi connectivity index (χ1n) is 12.8. The fraction of sp³-hybridized carbons (Fsp3) is 0.367. The minimum absolute atomic E-state index is 0.0118. The number of benzene rings is 3. The summed E-state index contributed by atoms with van der Waals surface area (Å²) in [6.45, 7) is 5.42. The van der Waals surface area contributed by atoms with Gasteiger partial charge in [0.1, 0.15) is 0 Å². The van der Waals surface area contributed by atoms with E-state index in [4.69, 9.17) is 0 Å². The summed E-state index contributed by atoms with van der Waals surface area (Å²) in [5.41, 5.74) is 4.40. The Kier molecular flexibility index (Phi) is 8.60. The molecule has 0 atom stereocenters. The highest BCUT2D eigenvalue weighted by molar-refractivity contribution is 7.89. The van der Waals surface area contributed by atoms with Gasteiger partial charge in [-0.15, -0.1) is 0 Å². The van der Waals surface area contributed by atoms with Gasteiger partial charge in [-0.05, 0) is 74.3 Å². The molecule has 0 aliphatic heterocycles. The molecule has 0 aromatic heterocycles. The molecule has 0 spiro atoms. The Hall–Kier alpha value is -2.96. The fourth-order valence-electron chi connectivity index (χ4n) is 4.90. The lowest BCUT2D eigenvalue weighted by Gasteiger charge is -2.32. The molecular weight excluding hydrogens is 468 g/mol. The topological polar surface area (TPSA) is 66.5 Å². The average Bonchev–Trinajstić information content (AvgIpc) is 2.90. The largest absolute Gasteiger partial charge is 0.352 e. The van der Waals surface area contributed by atoms with Crippen molar-refractivity contribution < 1.29 is 13.2 Å². The second-order valence-electron chi connectivity index (χ2n) is 9.96.